The van der Waals surface area contributed by atoms with E-state index in [9.17, 15) is 4.79 Å². The normalized spacial score (nSPS) is 14.9. The predicted octanol–water partition coefficient (Wildman–Crippen LogP) is 3.58. The Bertz CT molecular complexity index is 826. The summed E-state index contributed by atoms with van der Waals surface area (Å²) in [6.45, 7) is 7.21. The molecule has 0 radical (unpaired) electrons. The van der Waals surface area contributed by atoms with Gasteiger partial charge in [0, 0.05) is 38.7 Å². The highest BCUT2D eigenvalue weighted by molar-refractivity contribution is 14.0. The van der Waals surface area contributed by atoms with E-state index in [0.717, 1.165) is 49.7 Å². The standard InChI is InChI=1S/C22H31N5O2.HI/c1-4-24-22(27-11-9-17(10-12-27)13-20(28)23-3)25-14-19-15-29-21(26-19)18-7-5-16(2)6-8-18;/h5-8,15,17H,4,9-14H2,1-3H3,(H,23,28)(H,24,25);1H. The second-order valence-corrected chi connectivity index (χ2v) is 7.49. The number of oxazole rings is 1. The van der Waals surface area contributed by atoms with E-state index in [1.165, 1.54) is 5.56 Å². The van der Waals surface area contributed by atoms with E-state index in [-0.39, 0.29) is 29.9 Å². The molecule has 0 spiro atoms. The molecule has 1 saturated heterocycles. The van der Waals surface area contributed by atoms with Crippen LogP contribution in [0.3, 0.4) is 0 Å². The number of nitrogens with one attached hydrogen (secondary N) is 2. The number of rotatable bonds is 6. The van der Waals surface area contributed by atoms with Gasteiger partial charge < -0.3 is 20.0 Å². The molecule has 3 rings (SSSR count). The van der Waals surface area contributed by atoms with E-state index in [4.69, 9.17) is 9.41 Å². The van der Waals surface area contributed by atoms with Crippen LogP contribution in [0.1, 0.15) is 37.4 Å². The SMILES string of the molecule is CCNC(=NCc1coc(-c2ccc(C)cc2)n1)N1CCC(CC(=O)NC)CC1.I. The van der Waals surface area contributed by atoms with Crippen LogP contribution >= 0.6 is 24.0 Å². The average Bonchev–Trinajstić information content (AvgIpc) is 3.21. The van der Waals surface area contributed by atoms with E-state index in [1.807, 2.05) is 24.3 Å². The Balaban J connectivity index is 0.00000320. The van der Waals surface area contributed by atoms with E-state index in [0.29, 0.717) is 24.8 Å². The smallest absolute Gasteiger partial charge is 0.226 e. The van der Waals surface area contributed by atoms with Gasteiger partial charge in [0.1, 0.15) is 12.0 Å². The van der Waals surface area contributed by atoms with E-state index < -0.39 is 0 Å². The largest absolute Gasteiger partial charge is 0.444 e. The minimum atomic E-state index is 0. The van der Waals surface area contributed by atoms with Crippen molar-refractivity contribution in [3.63, 3.8) is 0 Å². The number of hydrogen-bond donors (Lipinski definition) is 2. The van der Waals surface area contributed by atoms with Gasteiger partial charge in [0.05, 0.1) is 6.54 Å². The zero-order valence-corrected chi connectivity index (χ0v) is 20.3. The molecule has 1 aromatic heterocycles. The number of aliphatic imine (C=N–C) groups is 1. The second-order valence-electron chi connectivity index (χ2n) is 7.49. The van der Waals surface area contributed by atoms with Gasteiger partial charge in [-0.2, -0.15) is 0 Å². The number of aryl methyl sites for hydroxylation is 1. The minimum Gasteiger partial charge on any atom is -0.444 e. The molecular weight excluding hydrogens is 493 g/mol. The van der Waals surface area contributed by atoms with Crippen LogP contribution in [0.5, 0.6) is 0 Å². The van der Waals surface area contributed by atoms with Crippen molar-refractivity contribution >= 4 is 35.8 Å². The van der Waals surface area contributed by atoms with Crippen LogP contribution in [0.25, 0.3) is 11.5 Å². The Kier molecular flexibility index (Phi) is 9.61. The number of aromatic nitrogens is 1. The van der Waals surface area contributed by atoms with Crippen LogP contribution in [0.2, 0.25) is 0 Å². The first kappa shape index (κ1) is 24.2. The Morgan fingerprint density at radius 1 is 1.27 bits per heavy atom. The van der Waals surface area contributed by atoms with Crippen LogP contribution in [0.15, 0.2) is 39.9 Å². The van der Waals surface area contributed by atoms with E-state index in [2.05, 4.69) is 34.4 Å². The van der Waals surface area contributed by atoms with Crippen LogP contribution in [-0.2, 0) is 11.3 Å². The maximum Gasteiger partial charge on any atom is 0.226 e. The molecule has 0 unspecified atom stereocenters. The number of halogens is 1. The van der Waals surface area contributed by atoms with Crippen LogP contribution in [-0.4, -0.2) is 48.4 Å². The summed E-state index contributed by atoms with van der Waals surface area (Å²) in [5.74, 6) is 2.09. The second kappa shape index (κ2) is 11.9. The molecule has 1 fully saturated rings. The lowest BCUT2D eigenvalue weighted by Gasteiger charge is -2.34. The highest BCUT2D eigenvalue weighted by atomic mass is 127. The van der Waals surface area contributed by atoms with Gasteiger partial charge in [0.15, 0.2) is 5.96 Å². The highest BCUT2D eigenvalue weighted by Gasteiger charge is 2.23. The molecule has 8 heteroatoms. The van der Waals surface area contributed by atoms with Crippen LogP contribution < -0.4 is 10.6 Å². The first-order valence-electron chi connectivity index (χ1n) is 10.3. The van der Waals surface area contributed by atoms with Crippen molar-refractivity contribution in [3.05, 3.63) is 41.8 Å². The molecule has 2 aromatic rings. The third kappa shape index (κ3) is 6.72. The molecule has 1 aliphatic heterocycles. The summed E-state index contributed by atoms with van der Waals surface area (Å²) in [6, 6.07) is 8.13. The van der Waals surface area contributed by atoms with E-state index >= 15 is 0 Å². The number of carbonyl (C=O) groups excluding carboxylic acids is 1. The maximum absolute atomic E-state index is 11.6. The lowest BCUT2D eigenvalue weighted by molar-refractivity contribution is -0.121. The zero-order chi connectivity index (χ0) is 20.6. The number of amides is 1. The molecule has 2 heterocycles. The molecule has 1 aliphatic rings. The van der Waals surface area contributed by atoms with Gasteiger partial charge in [-0.3, -0.25) is 4.79 Å². The van der Waals surface area contributed by atoms with Crippen molar-refractivity contribution in [2.75, 3.05) is 26.7 Å². The summed E-state index contributed by atoms with van der Waals surface area (Å²) in [4.78, 5) is 23.2. The Labute approximate surface area is 195 Å². The van der Waals surface area contributed by atoms with Crippen molar-refractivity contribution in [1.29, 1.82) is 0 Å². The first-order chi connectivity index (χ1) is 14.1. The molecule has 164 valence electrons. The third-order valence-electron chi connectivity index (χ3n) is 5.24. The van der Waals surface area contributed by atoms with Gasteiger partial charge in [0.2, 0.25) is 11.8 Å². The Morgan fingerprint density at radius 2 is 1.97 bits per heavy atom. The number of nitrogens with zero attached hydrogens (tertiary/aromatic N) is 3. The van der Waals surface area contributed by atoms with Gasteiger partial charge in [-0.05, 0) is 44.7 Å². The fraction of sp³-hybridized carbons (Fsp3) is 0.500. The third-order valence-corrected chi connectivity index (χ3v) is 5.24. The van der Waals surface area contributed by atoms with Crippen molar-refractivity contribution in [3.8, 4) is 11.5 Å². The Hall–Kier alpha value is -2.10. The molecule has 7 nitrogen and oxygen atoms in total. The van der Waals surface area contributed by atoms with Gasteiger partial charge in [-0.15, -0.1) is 24.0 Å². The van der Waals surface area contributed by atoms with Crippen molar-refractivity contribution in [2.24, 2.45) is 10.9 Å². The molecule has 1 amide bonds. The quantitative estimate of drug-likeness (QED) is 0.343. The monoisotopic (exact) mass is 525 g/mol. The van der Waals surface area contributed by atoms with E-state index in [1.54, 1.807) is 13.3 Å². The number of guanidine groups is 1. The summed E-state index contributed by atoms with van der Waals surface area (Å²) < 4.78 is 5.64. The molecule has 1 aromatic carbocycles. The fourth-order valence-electron chi connectivity index (χ4n) is 3.50. The Morgan fingerprint density at radius 3 is 2.60 bits per heavy atom. The van der Waals surface area contributed by atoms with Gasteiger partial charge in [-0.1, -0.05) is 17.7 Å². The first-order valence-corrected chi connectivity index (χ1v) is 10.3. The maximum atomic E-state index is 11.6. The molecule has 0 bridgehead atoms. The minimum absolute atomic E-state index is 0. The number of likely N-dealkylation sites (tertiary alicyclic amines) is 1. The average molecular weight is 525 g/mol. The molecule has 0 aliphatic carbocycles. The highest BCUT2D eigenvalue weighted by Crippen LogP contribution is 2.21. The van der Waals surface area contributed by atoms with Gasteiger partial charge >= 0.3 is 0 Å². The number of piperidine rings is 1. The number of carbonyl (C=O) groups is 1. The molecular formula is C22H32IN5O2. The van der Waals surface area contributed by atoms with Crippen LogP contribution in [0, 0.1) is 12.8 Å². The lowest BCUT2D eigenvalue weighted by Crippen LogP contribution is -2.46. The van der Waals surface area contributed by atoms with Gasteiger partial charge in [0.25, 0.3) is 0 Å². The van der Waals surface area contributed by atoms with Crippen LogP contribution in [0.4, 0.5) is 0 Å². The summed E-state index contributed by atoms with van der Waals surface area (Å²) in [5, 5.41) is 6.09. The molecule has 30 heavy (non-hydrogen) atoms. The molecule has 2 N–H and O–H groups in total. The van der Waals surface area contributed by atoms with Crippen molar-refractivity contribution in [2.45, 2.75) is 39.7 Å². The predicted molar refractivity (Wildman–Crippen MR) is 130 cm³/mol. The fourth-order valence-corrected chi connectivity index (χ4v) is 3.50. The summed E-state index contributed by atoms with van der Waals surface area (Å²) in [5.41, 5.74) is 2.99. The lowest BCUT2D eigenvalue weighted by atomic mass is 9.93. The van der Waals surface area contributed by atoms with Crippen molar-refractivity contribution in [1.82, 2.24) is 20.5 Å². The summed E-state index contributed by atoms with van der Waals surface area (Å²) in [6.07, 6.45) is 4.29. The number of benzene rings is 1. The summed E-state index contributed by atoms with van der Waals surface area (Å²) in [7, 11) is 1.70. The number of hydrogen-bond acceptors (Lipinski definition) is 4. The van der Waals surface area contributed by atoms with Crippen molar-refractivity contribution < 1.29 is 9.21 Å². The summed E-state index contributed by atoms with van der Waals surface area (Å²) >= 11 is 0. The zero-order valence-electron chi connectivity index (χ0n) is 18.0. The molecule has 0 atom stereocenters. The molecule has 0 saturated carbocycles. The topological polar surface area (TPSA) is 82.8 Å². The van der Waals surface area contributed by atoms with Gasteiger partial charge in [-0.25, -0.2) is 9.98 Å².